The van der Waals surface area contributed by atoms with Crippen molar-refractivity contribution in [1.82, 2.24) is 19.7 Å². The lowest BCUT2D eigenvalue weighted by Gasteiger charge is -2.32. The molecule has 4 rings (SSSR count). The monoisotopic (exact) mass is 322 g/mol. The van der Waals surface area contributed by atoms with Crippen molar-refractivity contribution in [3.8, 4) is 0 Å². The van der Waals surface area contributed by atoms with Gasteiger partial charge in [-0.25, -0.2) is 0 Å². The minimum Gasteiger partial charge on any atom is -0.330 e. The normalized spacial score (nSPS) is 17.1. The Balaban J connectivity index is 1.70. The van der Waals surface area contributed by atoms with Gasteiger partial charge in [0.05, 0.1) is 17.3 Å². The second-order valence-corrected chi connectivity index (χ2v) is 6.20. The summed E-state index contributed by atoms with van der Waals surface area (Å²) in [6, 6.07) is 9.22. The van der Waals surface area contributed by atoms with Crippen LogP contribution in [0.15, 0.2) is 41.3 Å². The Kier molecular flexibility index (Phi) is 3.26. The highest BCUT2D eigenvalue weighted by Crippen LogP contribution is 2.28. The third-order valence-corrected chi connectivity index (χ3v) is 4.77. The van der Waals surface area contributed by atoms with Crippen LogP contribution in [0.2, 0.25) is 0 Å². The molecular formula is C18H18N4O2. The molecule has 122 valence electrons. The summed E-state index contributed by atoms with van der Waals surface area (Å²) in [6.07, 6.45) is 2.32. The number of carbonyl (C=O) groups excluding carboxylic acids is 1. The summed E-state index contributed by atoms with van der Waals surface area (Å²) >= 11 is 0. The molecule has 2 aromatic heterocycles. The molecule has 0 spiro atoms. The van der Waals surface area contributed by atoms with E-state index in [1.807, 2.05) is 42.2 Å². The average Bonchev–Trinajstić information content (AvgIpc) is 2.90. The zero-order valence-corrected chi connectivity index (χ0v) is 13.6. The van der Waals surface area contributed by atoms with Crippen LogP contribution in [0.1, 0.15) is 34.6 Å². The Labute approximate surface area is 138 Å². The maximum atomic E-state index is 13.0. The zero-order valence-electron chi connectivity index (χ0n) is 13.6. The van der Waals surface area contributed by atoms with Gasteiger partial charge < -0.3 is 4.90 Å². The van der Waals surface area contributed by atoms with Crippen molar-refractivity contribution in [3.05, 3.63) is 63.7 Å². The molecule has 24 heavy (non-hydrogen) atoms. The van der Waals surface area contributed by atoms with E-state index >= 15 is 0 Å². The minimum absolute atomic E-state index is 0.000675. The number of nitrogens with one attached hydrogen (secondary N) is 1. The fourth-order valence-electron chi connectivity index (χ4n) is 3.44. The van der Waals surface area contributed by atoms with Crippen molar-refractivity contribution in [1.29, 1.82) is 0 Å². The van der Waals surface area contributed by atoms with Gasteiger partial charge in [-0.1, -0.05) is 6.07 Å². The average molecular weight is 322 g/mol. The molecule has 6 heteroatoms. The fourth-order valence-corrected chi connectivity index (χ4v) is 3.44. The second kappa shape index (κ2) is 5.33. The van der Waals surface area contributed by atoms with Gasteiger partial charge in [-0.3, -0.25) is 24.4 Å². The molecule has 0 saturated heterocycles. The van der Waals surface area contributed by atoms with Crippen LogP contribution in [-0.4, -0.2) is 32.1 Å². The molecule has 0 unspecified atom stereocenters. The SMILES string of the molecule is C[C@H]1c2[nH]n(C)c(=O)c2CCN1C(=O)c1ccc2ncccc2c1. The van der Waals surface area contributed by atoms with Gasteiger partial charge in [0.1, 0.15) is 0 Å². The van der Waals surface area contributed by atoms with Crippen LogP contribution in [0.4, 0.5) is 0 Å². The molecule has 1 atom stereocenters. The number of H-pyrrole nitrogens is 1. The summed E-state index contributed by atoms with van der Waals surface area (Å²) in [5, 5.41) is 4.03. The standard InChI is InChI=1S/C18H18N4O2/c1-11-16-14(18(24)21(2)20-16)7-9-22(11)17(23)13-5-6-15-12(10-13)4-3-8-19-15/h3-6,8,10-11,20H,7,9H2,1-2H3/t11-/m0/s1. The first-order valence-electron chi connectivity index (χ1n) is 8.00. The molecule has 1 amide bonds. The third-order valence-electron chi connectivity index (χ3n) is 4.77. The van der Waals surface area contributed by atoms with E-state index in [1.165, 1.54) is 4.68 Å². The van der Waals surface area contributed by atoms with E-state index < -0.39 is 0 Å². The summed E-state index contributed by atoms with van der Waals surface area (Å²) in [4.78, 5) is 31.1. The predicted octanol–water partition coefficient (Wildman–Crippen LogP) is 2.02. The lowest BCUT2D eigenvalue weighted by atomic mass is 9.99. The summed E-state index contributed by atoms with van der Waals surface area (Å²) < 4.78 is 1.48. The van der Waals surface area contributed by atoms with Gasteiger partial charge in [0, 0.05) is 36.3 Å². The van der Waals surface area contributed by atoms with Crippen molar-refractivity contribution in [2.24, 2.45) is 7.05 Å². The Hall–Kier alpha value is -2.89. The van der Waals surface area contributed by atoms with Gasteiger partial charge in [-0.2, -0.15) is 0 Å². The van der Waals surface area contributed by atoms with E-state index in [0.29, 0.717) is 18.5 Å². The second-order valence-electron chi connectivity index (χ2n) is 6.20. The zero-order chi connectivity index (χ0) is 16.8. The van der Waals surface area contributed by atoms with Crippen molar-refractivity contribution in [3.63, 3.8) is 0 Å². The molecule has 1 aliphatic heterocycles. The number of rotatable bonds is 1. The van der Waals surface area contributed by atoms with E-state index in [-0.39, 0.29) is 17.5 Å². The maximum Gasteiger partial charge on any atom is 0.269 e. The van der Waals surface area contributed by atoms with E-state index in [0.717, 1.165) is 22.2 Å². The number of fused-ring (bicyclic) bond motifs is 2. The molecule has 1 aliphatic rings. The third kappa shape index (κ3) is 2.14. The van der Waals surface area contributed by atoms with Crippen LogP contribution >= 0.6 is 0 Å². The summed E-state index contributed by atoms with van der Waals surface area (Å²) in [7, 11) is 1.70. The number of benzene rings is 1. The number of hydrogen-bond donors (Lipinski definition) is 1. The number of nitrogens with zero attached hydrogens (tertiary/aromatic N) is 3. The van der Waals surface area contributed by atoms with Crippen molar-refractivity contribution < 1.29 is 4.79 Å². The van der Waals surface area contributed by atoms with Crippen molar-refractivity contribution in [2.45, 2.75) is 19.4 Å². The Morgan fingerprint density at radius 1 is 1.33 bits per heavy atom. The molecule has 1 N–H and O–H groups in total. The molecule has 3 aromatic rings. The first kappa shape index (κ1) is 14.7. The highest BCUT2D eigenvalue weighted by Gasteiger charge is 2.31. The van der Waals surface area contributed by atoms with Crippen LogP contribution in [0.25, 0.3) is 10.9 Å². The molecule has 6 nitrogen and oxygen atoms in total. The highest BCUT2D eigenvalue weighted by atomic mass is 16.2. The lowest BCUT2D eigenvalue weighted by Crippen LogP contribution is -2.39. The molecule has 0 aliphatic carbocycles. The molecular weight excluding hydrogens is 304 g/mol. The Morgan fingerprint density at radius 3 is 3.00 bits per heavy atom. The topological polar surface area (TPSA) is 71.0 Å². The molecule has 0 fully saturated rings. The predicted molar refractivity (Wildman–Crippen MR) is 90.9 cm³/mol. The fraction of sp³-hybridized carbons (Fsp3) is 0.278. The maximum absolute atomic E-state index is 13.0. The van der Waals surface area contributed by atoms with E-state index in [4.69, 9.17) is 0 Å². The van der Waals surface area contributed by atoms with Crippen LogP contribution in [0.5, 0.6) is 0 Å². The van der Waals surface area contributed by atoms with Crippen LogP contribution in [-0.2, 0) is 13.5 Å². The van der Waals surface area contributed by atoms with Crippen LogP contribution in [0, 0.1) is 0 Å². The van der Waals surface area contributed by atoms with E-state index in [1.54, 1.807) is 13.2 Å². The van der Waals surface area contributed by atoms with Gasteiger partial charge in [0.25, 0.3) is 11.5 Å². The Bertz CT molecular complexity index is 1000. The van der Waals surface area contributed by atoms with Gasteiger partial charge in [-0.15, -0.1) is 0 Å². The quantitative estimate of drug-likeness (QED) is 0.745. The first-order chi connectivity index (χ1) is 11.6. The van der Waals surface area contributed by atoms with Gasteiger partial charge in [0.15, 0.2) is 0 Å². The van der Waals surface area contributed by atoms with Crippen LogP contribution < -0.4 is 5.56 Å². The summed E-state index contributed by atoms with van der Waals surface area (Å²) in [6.45, 7) is 2.50. The number of carbonyl (C=O) groups is 1. The van der Waals surface area contributed by atoms with Crippen molar-refractivity contribution >= 4 is 16.8 Å². The molecule has 0 radical (unpaired) electrons. The first-order valence-corrected chi connectivity index (χ1v) is 8.00. The summed E-state index contributed by atoms with van der Waals surface area (Å²) in [5.74, 6) is -0.0244. The number of amides is 1. The smallest absolute Gasteiger partial charge is 0.269 e. The molecule has 0 bridgehead atoms. The van der Waals surface area contributed by atoms with E-state index in [9.17, 15) is 9.59 Å². The lowest BCUT2D eigenvalue weighted by molar-refractivity contribution is 0.0673. The molecule has 0 saturated carbocycles. The Morgan fingerprint density at radius 2 is 2.17 bits per heavy atom. The van der Waals surface area contributed by atoms with Crippen LogP contribution in [0.3, 0.4) is 0 Å². The largest absolute Gasteiger partial charge is 0.330 e. The number of pyridine rings is 1. The van der Waals surface area contributed by atoms with E-state index in [2.05, 4.69) is 10.1 Å². The van der Waals surface area contributed by atoms with Gasteiger partial charge in [0.2, 0.25) is 0 Å². The molecule has 3 heterocycles. The van der Waals surface area contributed by atoms with Gasteiger partial charge >= 0.3 is 0 Å². The molecule has 1 aromatic carbocycles. The number of hydrogen-bond acceptors (Lipinski definition) is 3. The highest BCUT2D eigenvalue weighted by molar-refractivity contribution is 5.98. The van der Waals surface area contributed by atoms with Crippen molar-refractivity contribution in [2.75, 3.05) is 6.54 Å². The number of aryl methyl sites for hydroxylation is 1. The summed E-state index contributed by atoms with van der Waals surface area (Å²) in [5.41, 5.74) is 3.14. The minimum atomic E-state index is -0.153. The number of aromatic nitrogens is 3. The number of aromatic amines is 1. The van der Waals surface area contributed by atoms with Gasteiger partial charge in [-0.05, 0) is 37.6 Å².